The minimum absolute atomic E-state index is 0.264. The van der Waals surface area contributed by atoms with Gasteiger partial charge in [-0.1, -0.05) is 29.4 Å². The van der Waals surface area contributed by atoms with Crippen molar-refractivity contribution in [3.05, 3.63) is 46.6 Å². The van der Waals surface area contributed by atoms with Gasteiger partial charge in [0.15, 0.2) is 0 Å². The number of carbonyl (C=O) groups is 3. The molecule has 0 unspecified atom stereocenters. The van der Waals surface area contributed by atoms with Crippen LogP contribution in [0.5, 0.6) is 0 Å². The third kappa shape index (κ3) is 19.3. The average molecular weight is 449 g/mol. The summed E-state index contributed by atoms with van der Waals surface area (Å²) >= 11 is 0. The van der Waals surface area contributed by atoms with E-state index in [1.54, 1.807) is 0 Å². The smallest absolute Gasteiger partial charge is 0.302 e. The highest BCUT2D eigenvalue weighted by Crippen LogP contribution is 2.15. The van der Waals surface area contributed by atoms with Gasteiger partial charge in [0.1, 0.15) is 19.8 Å². The normalized spacial score (nSPS) is 13.1. The minimum atomic E-state index is -0.283. The van der Waals surface area contributed by atoms with Crippen LogP contribution in [0.3, 0.4) is 0 Å². The van der Waals surface area contributed by atoms with Crippen LogP contribution in [0.2, 0.25) is 0 Å². The lowest BCUT2D eigenvalue weighted by molar-refractivity contribution is -0.140. The van der Waals surface area contributed by atoms with Gasteiger partial charge in [-0.2, -0.15) is 0 Å². The van der Waals surface area contributed by atoms with Crippen molar-refractivity contribution in [2.75, 3.05) is 19.8 Å². The first-order valence-electron chi connectivity index (χ1n) is 11.1. The second kappa shape index (κ2) is 18.0. The van der Waals surface area contributed by atoms with Crippen LogP contribution in [0.25, 0.3) is 0 Å². The van der Waals surface area contributed by atoms with Crippen LogP contribution in [0.1, 0.15) is 80.1 Å². The van der Waals surface area contributed by atoms with Crippen molar-refractivity contribution in [1.29, 1.82) is 0 Å². The van der Waals surface area contributed by atoms with Gasteiger partial charge in [-0.05, 0) is 76.5 Å². The predicted molar refractivity (Wildman–Crippen MR) is 127 cm³/mol. The molecule has 0 aromatic rings. The summed E-state index contributed by atoms with van der Waals surface area (Å²) in [6, 6.07) is 0. The van der Waals surface area contributed by atoms with E-state index in [2.05, 4.69) is 25.2 Å². The van der Waals surface area contributed by atoms with Crippen molar-refractivity contribution < 1.29 is 28.6 Å². The van der Waals surface area contributed by atoms with Crippen LogP contribution in [0.15, 0.2) is 46.6 Å². The fourth-order valence-corrected chi connectivity index (χ4v) is 2.76. The molecule has 0 aliphatic heterocycles. The average Bonchev–Trinajstić information content (AvgIpc) is 2.69. The van der Waals surface area contributed by atoms with Crippen molar-refractivity contribution >= 4 is 17.9 Å². The monoisotopic (exact) mass is 448 g/mol. The summed E-state index contributed by atoms with van der Waals surface area (Å²) in [5.41, 5.74) is 4.62. The van der Waals surface area contributed by atoms with Crippen LogP contribution in [-0.2, 0) is 28.6 Å². The van der Waals surface area contributed by atoms with Crippen molar-refractivity contribution in [2.45, 2.75) is 80.1 Å². The predicted octanol–water partition coefficient (Wildman–Crippen LogP) is 5.78. The fourth-order valence-electron chi connectivity index (χ4n) is 2.76. The number of allylic oxidation sites excluding steroid dienone is 5. The molecule has 180 valence electrons. The molecule has 0 atom stereocenters. The Morgan fingerprint density at radius 3 is 1.59 bits per heavy atom. The number of hydrogen-bond donors (Lipinski definition) is 0. The Bertz CT molecular complexity index is 725. The summed E-state index contributed by atoms with van der Waals surface area (Å²) in [5, 5.41) is 0. The minimum Gasteiger partial charge on any atom is -0.462 e. The summed E-state index contributed by atoms with van der Waals surface area (Å²) in [7, 11) is 0. The number of ether oxygens (including phenoxy) is 3. The highest BCUT2D eigenvalue weighted by molar-refractivity contribution is 5.66. The molecule has 0 saturated heterocycles. The molecule has 0 fully saturated rings. The molecule has 6 heteroatoms. The lowest BCUT2D eigenvalue weighted by Crippen LogP contribution is -2.03. The van der Waals surface area contributed by atoms with Gasteiger partial charge in [0, 0.05) is 20.8 Å². The summed E-state index contributed by atoms with van der Waals surface area (Å²) in [6.07, 6.45) is 13.7. The standard InChI is InChI=1S/C26H40O6/c1-20(10-7-13-22(3)18-31-24(5)28)11-8-14-26(19-32-25(6)29)15-9-12-21(2)16-17-30-23(4)27/h11,13,15-16H,7-10,12,14,17-19H2,1-6H3/b20-11+,21-16+,22-13-,26-15-. The molecule has 0 radical (unpaired) electrons. The molecule has 0 bridgehead atoms. The van der Waals surface area contributed by atoms with Gasteiger partial charge in [0.25, 0.3) is 0 Å². The molecule has 0 spiro atoms. The maximum absolute atomic E-state index is 11.2. The molecular formula is C26H40O6. The number of esters is 3. The Balaban J connectivity index is 4.57. The van der Waals surface area contributed by atoms with Gasteiger partial charge in [0.05, 0.1) is 0 Å². The maximum atomic E-state index is 11.2. The van der Waals surface area contributed by atoms with Crippen molar-refractivity contribution in [3.63, 3.8) is 0 Å². The largest absolute Gasteiger partial charge is 0.462 e. The van der Waals surface area contributed by atoms with Crippen molar-refractivity contribution in [1.82, 2.24) is 0 Å². The van der Waals surface area contributed by atoms with E-state index in [1.807, 2.05) is 19.9 Å². The summed E-state index contributed by atoms with van der Waals surface area (Å²) in [4.78, 5) is 32.9. The molecule has 0 N–H and O–H groups in total. The molecule has 0 aliphatic carbocycles. The van der Waals surface area contributed by atoms with Crippen molar-refractivity contribution in [2.24, 2.45) is 0 Å². The Labute approximate surface area is 193 Å². The first-order chi connectivity index (χ1) is 15.1. The first-order valence-corrected chi connectivity index (χ1v) is 11.1. The molecule has 0 amide bonds. The molecular weight excluding hydrogens is 408 g/mol. The Hall–Kier alpha value is -2.63. The molecule has 0 aliphatic rings. The quantitative estimate of drug-likeness (QED) is 0.179. The van der Waals surface area contributed by atoms with Crippen LogP contribution < -0.4 is 0 Å². The van der Waals surface area contributed by atoms with Gasteiger partial charge in [-0.15, -0.1) is 0 Å². The van der Waals surface area contributed by atoms with Gasteiger partial charge in [0.2, 0.25) is 0 Å². The van der Waals surface area contributed by atoms with Gasteiger partial charge in [-0.3, -0.25) is 14.4 Å². The molecule has 0 aromatic carbocycles. The lowest BCUT2D eigenvalue weighted by atomic mass is 10.0. The SMILES string of the molecule is CC(=O)OC/C=C(\C)CC/C=C(/CC/C=C(\C)CC/C=C(/C)COC(C)=O)COC(C)=O. The summed E-state index contributed by atoms with van der Waals surface area (Å²) in [6.45, 7) is 11.3. The Morgan fingerprint density at radius 1 is 0.531 bits per heavy atom. The Kier molecular flexibility index (Phi) is 16.5. The van der Waals surface area contributed by atoms with Crippen LogP contribution in [-0.4, -0.2) is 37.7 Å². The summed E-state index contributed by atoms with van der Waals surface area (Å²) < 4.78 is 15.1. The van der Waals surface area contributed by atoms with E-state index >= 15 is 0 Å². The molecule has 6 nitrogen and oxygen atoms in total. The van der Waals surface area contributed by atoms with E-state index in [1.165, 1.54) is 26.3 Å². The zero-order chi connectivity index (χ0) is 24.4. The van der Waals surface area contributed by atoms with E-state index in [4.69, 9.17) is 14.2 Å². The molecule has 0 rings (SSSR count). The third-order valence-electron chi connectivity index (χ3n) is 4.64. The van der Waals surface area contributed by atoms with Crippen molar-refractivity contribution in [3.8, 4) is 0 Å². The number of carbonyl (C=O) groups excluding carboxylic acids is 3. The number of rotatable bonds is 15. The zero-order valence-corrected chi connectivity index (χ0v) is 20.6. The second-order valence-corrected chi connectivity index (χ2v) is 7.99. The van der Waals surface area contributed by atoms with Gasteiger partial charge < -0.3 is 14.2 Å². The molecule has 0 aromatic heterocycles. The lowest BCUT2D eigenvalue weighted by Gasteiger charge is -2.08. The zero-order valence-electron chi connectivity index (χ0n) is 20.6. The molecule has 0 heterocycles. The van der Waals surface area contributed by atoms with E-state index in [0.29, 0.717) is 19.8 Å². The van der Waals surface area contributed by atoms with Crippen LogP contribution in [0, 0.1) is 0 Å². The highest BCUT2D eigenvalue weighted by Gasteiger charge is 2.02. The van der Waals surface area contributed by atoms with E-state index in [9.17, 15) is 14.4 Å². The van der Waals surface area contributed by atoms with E-state index in [0.717, 1.165) is 55.2 Å². The van der Waals surface area contributed by atoms with E-state index < -0.39 is 0 Å². The topological polar surface area (TPSA) is 78.9 Å². The second-order valence-electron chi connectivity index (χ2n) is 7.99. The van der Waals surface area contributed by atoms with Crippen LogP contribution >= 0.6 is 0 Å². The highest BCUT2D eigenvalue weighted by atomic mass is 16.5. The first kappa shape index (κ1) is 29.4. The maximum Gasteiger partial charge on any atom is 0.302 e. The summed E-state index contributed by atoms with van der Waals surface area (Å²) in [5.74, 6) is -0.829. The molecule has 0 saturated carbocycles. The van der Waals surface area contributed by atoms with Gasteiger partial charge >= 0.3 is 17.9 Å². The third-order valence-corrected chi connectivity index (χ3v) is 4.64. The van der Waals surface area contributed by atoms with Crippen LogP contribution in [0.4, 0.5) is 0 Å². The van der Waals surface area contributed by atoms with E-state index in [-0.39, 0.29) is 17.9 Å². The Morgan fingerprint density at radius 2 is 1.00 bits per heavy atom. The van der Waals surface area contributed by atoms with Gasteiger partial charge in [-0.25, -0.2) is 0 Å². The molecule has 32 heavy (non-hydrogen) atoms. The number of hydrogen-bond acceptors (Lipinski definition) is 6. The fraction of sp³-hybridized carbons (Fsp3) is 0.577.